The van der Waals surface area contributed by atoms with E-state index >= 15 is 0 Å². The molecule has 0 amide bonds. The van der Waals surface area contributed by atoms with E-state index in [1.54, 1.807) is 0 Å². The van der Waals surface area contributed by atoms with Crippen molar-refractivity contribution in [3.8, 4) is 5.75 Å². The Morgan fingerprint density at radius 2 is 1.06 bits per heavy atom. The average Bonchev–Trinajstić information content (AvgIpc) is 2.87. The van der Waals surface area contributed by atoms with Crippen molar-refractivity contribution in [3.63, 3.8) is 0 Å². The Kier molecular flexibility index (Phi) is 15.8. The molecule has 0 aromatic heterocycles. The summed E-state index contributed by atoms with van der Waals surface area (Å²) in [6.45, 7) is 9.29. The van der Waals surface area contributed by atoms with E-state index in [1.807, 2.05) is 12.1 Å². The van der Waals surface area contributed by atoms with Crippen molar-refractivity contribution in [2.24, 2.45) is 0 Å². The highest BCUT2D eigenvalue weighted by molar-refractivity contribution is 7.98. The zero-order chi connectivity index (χ0) is 26.1. The monoisotopic (exact) mass is 528 g/mol. The minimum absolute atomic E-state index is 0.0962. The van der Waals surface area contributed by atoms with Gasteiger partial charge >= 0.3 is 0 Å². The molecule has 202 valence electrons. The normalized spacial score (nSPS) is 11.8. The van der Waals surface area contributed by atoms with Crippen LogP contribution in [0.25, 0.3) is 0 Å². The molecule has 0 saturated carbocycles. The van der Waals surface area contributed by atoms with E-state index in [4.69, 9.17) is 0 Å². The Balaban J connectivity index is 2.05. The minimum Gasteiger partial charge on any atom is -0.508 e. The van der Waals surface area contributed by atoms with Crippen LogP contribution in [-0.4, -0.2) is 16.6 Å². The third-order valence-electron chi connectivity index (χ3n) is 7.25. The van der Waals surface area contributed by atoms with E-state index in [0.717, 1.165) is 11.5 Å². The molecule has 0 atom stereocenters. The summed E-state index contributed by atoms with van der Waals surface area (Å²) in [7, 11) is 0. The van der Waals surface area contributed by atoms with Crippen molar-refractivity contribution in [1.82, 2.24) is 0 Å². The van der Waals surface area contributed by atoms with Gasteiger partial charge in [-0.2, -0.15) is 23.5 Å². The molecule has 0 aliphatic carbocycles. The fraction of sp³-hybridized carbons (Fsp3) is 0.636. The molecule has 0 unspecified atom stereocenters. The maximum Gasteiger partial charge on any atom is 0.115 e. The molecule has 0 heterocycles. The molecule has 2 rings (SSSR count). The Labute approximate surface area is 231 Å². The van der Waals surface area contributed by atoms with Crippen molar-refractivity contribution in [2.45, 2.75) is 122 Å². The maximum absolute atomic E-state index is 9.86. The molecular weight excluding hydrogens is 476 g/mol. The summed E-state index contributed by atoms with van der Waals surface area (Å²) in [5.74, 6) is 5.01. The van der Waals surface area contributed by atoms with E-state index < -0.39 is 0 Å². The van der Waals surface area contributed by atoms with Crippen molar-refractivity contribution in [2.75, 3.05) is 11.5 Å². The van der Waals surface area contributed by atoms with Gasteiger partial charge in [0.05, 0.1) is 0 Å². The van der Waals surface area contributed by atoms with Crippen molar-refractivity contribution in [1.29, 1.82) is 0 Å². The van der Waals surface area contributed by atoms with Crippen LogP contribution < -0.4 is 0 Å². The van der Waals surface area contributed by atoms with Crippen LogP contribution in [0.2, 0.25) is 0 Å². The molecule has 2 aromatic rings. The summed E-state index contributed by atoms with van der Waals surface area (Å²) in [4.78, 5) is 0. The van der Waals surface area contributed by atoms with Crippen LogP contribution in [0.3, 0.4) is 0 Å². The Hall–Kier alpha value is -1.06. The first-order valence-electron chi connectivity index (χ1n) is 14.6. The first-order valence-corrected chi connectivity index (χ1v) is 16.9. The lowest BCUT2D eigenvalue weighted by atomic mass is 9.74. The molecule has 0 radical (unpaired) electrons. The third-order valence-corrected chi connectivity index (χ3v) is 9.44. The second-order valence-electron chi connectivity index (χ2n) is 10.8. The number of unbranched alkanes of at least 4 members (excludes halogenated alkanes) is 10. The Bertz CT molecular complexity index is 790. The van der Waals surface area contributed by atoms with Gasteiger partial charge in [-0.15, -0.1) is 0 Å². The summed E-state index contributed by atoms with van der Waals surface area (Å²) < 4.78 is 0. The fourth-order valence-corrected chi connectivity index (χ4v) is 7.08. The standard InChI is InChI=1S/C33H52OS2/c1-5-7-9-11-13-15-24-35-26-28-18-17-19-29(27-36-25-16-14-12-10-8-6-2)32(28)33(3,4)30-20-22-31(34)23-21-30/h17-23,34H,5-16,24-27H2,1-4H3. The topological polar surface area (TPSA) is 20.2 Å². The predicted molar refractivity (Wildman–Crippen MR) is 166 cm³/mol. The highest BCUT2D eigenvalue weighted by atomic mass is 32.2. The van der Waals surface area contributed by atoms with E-state index in [9.17, 15) is 5.11 Å². The smallest absolute Gasteiger partial charge is 0.115 e. The van der Waals surface area contributed by atoms with Gasteiger partial charge in [0.2, 0.25) is 0 Å². The summed E-state index contributed by atoms with van der Waals surface area (Å²) >= 11 is 4.20. The van der Waals surface area contributed by atoms with Gasteiger partial charge in [-0.25, -0.2) is 0 Å². The van der Waals surface area contributed by atoms with Gasteiger partial charge in [0.15, 0.2) is 0 Å². The van der Waals surface area contributed by atoms with E-state index in [-0.39, 0.29) is 5.41 Å². The lowest BCUT2D eigenvalue weighted by Crippen LogP contribution is -2.23. The number of benzene rings is 2. The van der Waals surface area contributed by atoms with Gasteiger partial charge in [0.25, 0.3) is 0 Å². The zero-order valence-electron chi connectivity index (χ0n) is 23.6. The molecule has 0 fully saturated rings. The highest BCUT2D eigenvalue weighted by Crippen LogP contribution is 2.39. The van der Waals surface area contributed by atoms with Crippen LogP contribution in [0.15, 0.2) is 42.5 Å². The molecule has 1 N–H and O–H groups in total. The number of hydrogen-bond acceptors (Lipinski definition) is 3. The Morgan fingerprint density at radius 3 is 1.53 bits per heavy atom. The molecule has 0 aliphatic heterocycles. The second kappa shape index (κ2) is 18.2. The van der Waals surface area contributed by atoms with E-state index in [1.165, 1.54) is 111 Å². The van der Waals surface area contributed by atoms with Crippen LogP contribution >= 0.6 is 23.5 Å². The molecule has 0 saturated heterocycles. The summed E-state index contributed by atoms with van der Waals surface area (Å²) in [5, 5.41) is 9.86. The van der Waals surface area contributed by atoms with Crippen molar-refractivity contribution in [3.05, 3.63) is 64.7 Å². The molecule has 0 bridgehead atoms. The SMILES string of the molecule is CCCCCCCCSCc1cccc(CSCCCCCCCC)c1C(C)(C)c1ccc(O)cc1. The Morgan fingerprint density at radius 1 is 0.611 bits per heavy atom. The third kappa shape index (κ3) is 11.1. The maximum atomic E-state index is 9.86. The van der Waals surface area contributed by atoms with E-state index in [0.29, 0.717) is 5.75 Å². The lowest BCUT2D eigenvalue weighted by Gasteiger charge is -2.31. The summed E-state index contributed by atoms with van der Waals surface area (Å²) in [6.07, 6.45) is 16.4. The lowest BCUT2D eigenvalue weighted by molar-refractivity contribution is 0.474. The second-order valence-corrected chi connectivity index (χ2v) is 13.0. The van der Waals surface area contributed by atoms with Gasteiger partial charge in [0.1, 0.15) is 5.75 Å². The largest absolute Gasteiger partial charge is 0.508 e. The molecule has 36 heavy (non-hydrogen) atoms. The van der Waals surface area contributed by atoms with Crippen molar-refractivity contribution >= 4 is 23.5 Å². The highest BCUT2D eigenvalue weighted by Gasteiger charge is 2.28. The van der Waals surface area contributed by atoms with Gasteiger partial charge in [-0.3, -0.25) is 0 Å². The minimum atomic E-state index is -0.0962. The first-order chi connectivity index (χ1) is 17.5. The van der Waals surface area contributed by atoms with Crippen LogP contribution in [0, 0.1) is 0 Å². The van der Waals surface area contributed by atoms with Gasteiger partial charge in [0, 0.05) is 16.9 Å². The van der Waals surface area contributed by atoms with Crippen LogP contribution in [-0.2, 0) is 16.9 Å². The van der Waals surface area contributed by atoms with Gasteiger partial charge < -0.3 is 5.11 Å². The molecule has 0 aliphatic rings. The predicted octanol–water partition coefficient (Wildman–Crippen LogP) is 10.9. The molecule has 2 aromatic carbocycles. The molecular formula is C33H52OS2. The molecule has 0 spiro atoms. The number of aromatic hydroxyl groups is 1. The zero-order valence-corrected chi connectivity index (χ0v) is 25.3. The number of hydrogen-bond donors (Lipinski definition) is 1. The van der Waals surface area contributed by atoms with Crippen LogP contribution in [0.4, 0.5) is 0 Å². The van der Waals surface area contributed by atoms with Gasteiger partial charge in [-0.05, 0) is 58.7 Å². The van der Waals surface area contributed by atoms with Crippen molar-refractivity contribution < 1.29 is 5.11 Å². The van der Waals surface area contributed by atoms with Gasteiger partial charge in [-0.1, -0.05) is 122 Å². The number of phenols is 1. The summed E-state index contributed by atoms with van der Waals surface area (Å²) in [6, 6.07) is 14.9. The number of thioether (sulfide) groups is 2. The average molecular weight is 529 g/mol. The molecule has 3 heteroatoms. The number of rotatable bonds is 20. The fourth-order valence-electron chi connectivity index (χ4n) is 5.05. The van der Waals surface area contributed by atoms with E-state index in [2.05, 4.69) is 81.6 Å². The first kappa shape index (κ1) is 31.2. The number of phenolic OH excluding ortho intramolecular Hbond substituents is 1. The van der Waals surface area contributed by atoms with Crippen LogP contribution in [0.1, 0.15) is 127 Å². The summed E-state index contributed by atoms with van der Waals surface area (Å²) in [5.41, 5.74) is 5.65. The van der Waals surface area contributed by atoms with Crippen LogP contribution in [0.5, 0.6) is 5.75 Å². The quantitative estimate of drug-likeness (QED) is 0.173. The molecule has 1 nitrogen and oxygen atoms in total.